The van der Waals surface area contributed by atoms with E-state index < -0.39 is 0 Å². The normalized spacial score (nSPS) is 10.4. The van der Waals surface area contributed by atoms with Crippen LogP contribution in [0, 0.1) is 0 Å². The largest absolute Gasteiger partial charge is 0.748 e. The summed E-state index contributed by atoms with van der Waals surface area (Å²) in [6.07, 6.45) is 20.1. The van der Waals surface area contributed by atoms with Crippen LogP contribution in [0.3, 0.4) is 0 Å². The molecular weight excluding hydrogens is 399 g/mol. The van der Waals surface area contributed by atoms with Gasteiger partial charge in [-0.25, -0.2) is 12.1 Å². The zero-order valence-electron chi connectivity index (χ0n) is 18.4. The molecule has 0 radical (unpaired) electrons. The molecule has 0 N–H and O–H groups in total. The first kappa shape index (κ1) is 27.6. The van der Waals surface area contributed by atoms with Gasteiger partial charge in [0.25, 0.3) is 0 Å². The molecule has 0 saturated heterocycles. The van der Waals surface area contributed by atoms with Crippen molar-refractivity contribution >= 4 is 13.2 Å². The van der Waals surface area contributed by atoms with Crippen molar-refractivity contribution in [3.8, 4) is 0 Å². The Morgan fingerprint density at radius 1 is 0.571 bits per heavy atom. The van der Waals surface area contributed by atoms with Gasteiger partial charge in [-0.15, -0.1) is 13.2 Å². The SMILES string of the molecule is CCCCCCCCP(CCCCCCCC)[c-]1cccc1.[Fe].[cH-]1[cH-][cH-][cH-][cH-]1. The van der Waals surface area contributed by atoms with Crippen LogP contribution in [0.4, 0.5) is 0 Å². The van der Waals surface area contributed by atoms with Gasteiger partial charge in [0, 0.05) is 17.1 Å². The first-order valence-corrected chi connectivity index (χ1v) is 13.2. The van der Waals surface area contributed by atoms with Crippen LogP contribution in [0.2, 0.25) is 0 Å². The molecule has 0 nitrogen and oxygen atoms in total. The fourth-order valence-electron chi connectivity index (χ4n) is 3.43. The fourth-order valence-corrected chi connectivity index (χ4v) is 5.98. The maximum absolute atomic E-state index is 2.37. The number of hydrogen-bond donors (Lipinski definition) is 0. The van der Waals surface area contributed by atoms with Crippen LogP contribution in [-0.2, 0) is 17.1 Å². The Morgan fingerprint density at radius 3 is 1.32 bits per heavy atom. The summed E-state index contributed by atoms with van der Waals surface area (Å²) in [5.41, 5.74) is 0. The third-order valence-corrected chi connectivity index (χ3v) is 7.87. The predicted octanol–water partition coefficient (Wildman–Crippen LogP) is 8.64. The first-order chi connectivity index (χ1) is 13.4. The minimum Gasteiger partial charge on any atom is -0.748 e. The number of rotatable bonds is 15. The topological polar surface area (TPSA) is 0 Å². The van der Waals surface area contributed by atoms with Crippen molar-refractivity contribution in [2.24, 2.45) is 0 Å². The Balaban J connectivity index is 0.00000105. The molecule has 0 spiro atoms. The monoisotopic (exact) mass is 442 g/mol. The summed E-state index contributed by atoms with van der Waals surface area (Å²) >= 11 is 0. The summed E-state index contributed by atoms with van der Waals surface area (Å²) < 4.78 is 0. The summed E-state index contributed by atoms with van der Waals surface area (Å²) in [5, 5.41) is 1.66. The van der Waals surface area contributed by atoms with Gasteiger partial charge in [-0.2, -0.15) is 12.1 Å². The maximum atomic E-state index is 2.37. The van der Waals surface area contributed by atoms with Crippen molar-refractivity contribution in [1.82, 2.24) is 0 Å². The molecule has 0 amide bonds. The molecule has 0 bridgehead atoms. The summed E-state index contributed by atoms with van der Waals surface area (Å²) in [4.78, 5) is 0. The number of hydrogen-bond acceptors (Lipinski definition) is 0. The quantitative estimate of drug-likeness (QED) is 0.112. The van der Waals surface area contributed by atoms with Crippen molar-refractivity contribution < 1.29 is 17.1 Å². The molecule has 0 aromatic heterocycles. The first-order valence-electron chi connectivity index (χ1n) is 11.5. The Kier molecular flexibility index (Phi) is 21.1. The Morgan fingerprint density at radius 2 is 0.929 bits per heavy atom. The van der Waals surface area contributed by atoms with Crippen LogP contribution >= 0.6 is 7.92 Å². The summed E-state index contributed by atoms with van der Waals surface area (Å²) in [6.45, 7) is 4.60. The van der Waals surface area contributed by atoms with Crippen molar-refractivity contribution in [1.29, 1.82) is 0 Å². The molecule has 2 aromatic rings. The minimum atomic E-state index is 0. The molecule has 2 aromatic carbocycles. The van der Waals surface area contributed by atoms with E-state index in [4.69, 9.17) is 0 Å². The van der Waals surface area contributed by atoms with Gasteiger partial charge < -0.3 is 30.3 Å². The predicted molar refractivity (Wildman–Crippen MR) is 127 cm³/mol. The van der Waals surface area contributed by atoms with Gasteiger partial charge in [0.05, 0.1) is 0 Å². The van der Waals surface area contributed by atoms with Gasteiger partial charge in [0.1, 0.15) is 0 Å². The van der Waals surface area contributed by atoms with E-state index in [0.29, 0.717) is 0 Å². The second-order valence-electron chi connectivity index (χ2n) is 7.63. The second kappa shape index (κ2) is 21.4. The molecule has 2 heteroatoms. The van der Waals surface area contributed by atoms with E-state index in [2.05, 4.69) is 38.1 Å². The molecule has 2 rings (SSSR count). The van der Waals surface area contributed by atoms with E-state index in [9.17, 15) is 0 Å². The molecule has 0 saturated carbocycles. The molecule has 0 heterocycles. The van der Waals surface area contributed by atoms with E-state index in [1.165, 1.54) is 89.4 Å². The second-order valence-corrected chi connectivity index (χ2v) is 10.1. The van der Waals surface area contributed by atoms with Gasteiger partial charge in [0.15, 0.2) is 0 Å². The molecule has 28 heavy (non-hydrogen) atoms. The van der Waals surface area contributed by atoms with Gasteiger partial charge in [-0.3, -0.25) is 0 Å². The third kappa shape index (κ3) is 15.6. The zero-order valence-corrected chi connectivity index (χ0v) is 20.4. The molecule has 0 aliphatic heterocycles. The van der Waals surface area contributed by atoms with Crippen molar-refractivity contribution in [3.05, 3.63) is 54.6 Å². The van der Waals surface area contributed by atoms with Crippen LogP contribution in [-0.4, -0.2) is 12.3 Å². The molecular formula is C26H43FeP-6. The Bertz CT molecular complexity index is 441. The van der Waals surface area contributed by atoms with Crippen molar-refractivity contribution in [3.63, 3.8) is 0 Å². The summed E-state index contributed by atoms with van der Waals surface area (Å²) in [5.74, 6) is 0. The van der Waals surface area contributed by atoms with E-state index in [1.807, 2.05) is 30.3 Å². The molecule has 0 unspecified atom stereocenters. The molecule has 0 fully saturated rings. The van der Waals surface area contributed by atoms with Crippen LogP contribution in [0.1, 0.15) is 90.9 Å². The Labute approximate surface area is 187 Å². The van der Waals surface area contributed by atoms with Crippen LogP contribution in [0.25, 0.3) is 0 Å². The summed E-state index contributed by atoms with van der Waals surface area (Å²) in [6, 6.07) is 19.2. The molecule has 0 aliphatic rings. The Hall–Kier alpha value is -0.351. The van der Waals surface area contributed by atoms with Crippen molar-refractivity contribution in [2.45, 2.75) is 90.9 Å². The molecule has 166 valence electrons. The van der Waals surface area contributed by atoms with Crippen LogP contribution < -0.4 is 5.30 Å². The van der Waals surface area contributed by atoms with Crippen LogP contribution in [0.5, 0.6) is 0 Å². The van der Waals surface area contributed by atoms with E-state index in [0.717, 1.165) is 0 Å². The number of unbranched alkanes of at least 4 members (excludes halogenated alkanes) is 10. The minimum absolute atomic E-state index is 0. The maximum Gasteiger partial charge on any atom is 0 e. The van der Waals surface area contributed by atoms with E-state index in [1.54, 1.807) is 5.30 Å². The van der Waals surface area contributed by atoms with Crippen molar-refractivity contribution in [2.75, 3.05) is 12.3 Å². The van der Waals surface area contributed by atoms with Gasteiger partial charge in [-0.05, 0) is 25.2 Å². The van der Waals surface area contributed by atoms with E-state index >= 15 is 0 Å². The summed E-state index contributed by atoms with van der Waals surface area (Å²) in [7, 11) is 0.132. The average Bonchev–Trinajstić information content (AvgIpc) is 3.42. The smallest absolute Gasteiger partial charge is 0 e. The van der Waals surface area contributed by atoms with Crippen LogP contribution in [0.15, 0.2) is 54.6 Å². The standard InChI is InChI=1S/C21H38P.C5H5.Fe/c1-3-5-7-9-11-15-19-22(21-17-13-14-18-21)20-16-12-10-8-6-4-2;1-2-4-5-3-1;/h13-14,17-18H,3-12,15-16,19-20H2,1-2H3;1-5H;/q-1;-5;. The molecule has 0 aliphatic carbocycles. The fraction of sp³-hybridized carbons (Fsp3) is 0.615. The van der Waals surface area contributed by atoms with Gasteiger partial charge >= 0.3 is 0 Å². The van der Waals surface area contributed by atoms with E-state index in [-0.39, 0.29) is 25.0 Å². The third-order valence-electron chi connectivity index (χ3n) is 5.13. The zero-order chi connectivity index (χ0) is 19.4. The average molecular weight is 442 g/mol. The van der Waals surface area contributed by atoms with Gasteiger partial charge in [-0.1, -0.05) is 78.1 Å². The van der Waals surface area contributed by atoms with Gasteiger partial charge in [0.2, 0.25) is 0 Å². The molecule has 0 atom stereocenters.